The Bertz CT molecular complexity index is 251. The lowest BCUT2D eigenvalue weighted by Gasteiger charge is -2.44. The molecule has 1 amide bonds. The quantitative estimate of drug-likeness (QED) is 0.757. The minimum absolute atomic E-state index is 0.175. The SMILES string of the molecule is CCNC(=O)CN1CCC2(CCNCC2)CC1. The van der Waals surface area contributed by atoms with Crippen molar-refractivity contribution >= 4 is 5.91 Å². The zero-order chi connectivity index (χ0) is 12.1. The first-order valence-corrected chi connectivity index (χ1v) is 6.94. The third kappa shape index (κ3) is 3.42. The van der Waals surface area contributed by atoms with E-state index in [-0.39, 0.29) is 5.91 Å². The van der Waals surface area contributed by atoms with Crippen LogP contribution >= 0.6 is 0 Å². The van der Waals surface area contributed by atoms with Crippen LogP contribution in [0.3, 0.4) is 0 Å². The number of hydrogen-bond donors (Lipinski definition) is 2. The highest BCUT2D eigenvalue weighted by Crippen LogP contribution is 2.39. The lowest BCUT2D eigenvalue weighted by atomic mass is 9.71. The van der Waals surface area contributed by atoms with Gasteiger partial charge in [0.25, 0.3) is 0 Å². The van der Waals surface area contributed by atoms with E-state index in [4.69, 9.17) is 0 Å². The fourth-order valence-corrected chi connectivity index (χ4v) is 3.10. The fraction of sp³-hybridized carbons (Fsp3) is 0.923. The molecule has 2 aliphatic heterocycles. The molecule has 0 bridgehead atoms. The van der Waals surface area contributed by atoms with Crippen LogP contribution in [0.15, 0.2) is 0 Å². The predicted molar refractivity (Wildman–Crippen MR) is 68.9 cm³/mol. The van der Waals surface area contributed by atoms with Gasteiger partial charge in [-0.25, -0.2) is 0 Å². The van der Waals surface area contributed by atoms with E-state index >= 15 is 0 Å². The van der Waals surface area contributed by atoms with E-state index in [2.05, 4.69) is 15.5 Å². The van der Waals surface area contributed by atoms with Gasteiger partial charge in [0.1, 0.15) is 0 Å². The molecule has 0 saturated carbocycles. The second-order valence-electron chi connectivity index (χ2n) is 5.48. The van der Waals surface area contributed by atoms with Gasteiger partial charge in [0.05, 0.1) is 6.54 Å². The van der Waals surface area contributed by atoms with Crippen molar-refractivity contribution < 1.29 is 4.79 Å². The Hall–Kier alpha value is -0.610. The number of piperidine rings is 2. The number of carbonyl (C=O) groups is 1. The standard InChI is InChI=1S/C13H25N3O/c1-2-15-12(17)11-16-9-5-13(6-10-16)3-7-14-8-4-13/h14H,2-11H2,1H3,(H,15,17). The number of nitrogens with one attached hydrogen (secondary N) is 2. The number of likely N-dealkylation sites (tertiary alicyclic amines) is 1. The summed E-state index contributed by atoms with van der Waals surface area (Å²) in [5.41, 5.74) is 0.586. The van der Waals surface area contributed by atoms with Crippen LogP contribution in [0.2, 0.25) is 0 Å². The Labute approximate surface area is 104 Å². The maximum Gasteiger partial charge on any atom is 0.234 e. The molecule has 0 radical (unpaired) electrons. The lowest BCUT2D eigenvalue weighted by molar-refractivity contribution is -0.122. The van der Waals surface area contributed by atoms with Crippen molar-refractivity contribution in [3.63, 3.8) is 0 Å². The van der Waals surface area contributed by atoms with Crippen molar-refractivity contribution in [2.24, 2.45) is 5.41 Å². The van der Waals surface area contributed by atoms with Crippen LogP contribution in [0.5, 0.6) is 0 Å². The third-order valence-corrected chi connectivity index (χ3v) is 4.32. The molecule has 0 atom stereocenters. The summed E-state index contributed by atoms with van der Waals surface area (Å²) < 4.78 is 0. The highest BCUT2D eigenvalue weighted by molar-refractivity contribution is 5.77. The summed E-state index contributed by atoms with van der Waals surface area (Å²) in [7, 11) is 0. The minimum Gasteiger partial charge on any atom is -0.355 e. The zero-order valence-corrected chi connectivity index (χ0v) is 10.9. The van der Waals surface area contributed by atoms with E-state index in [1.54, 1.807) is 0 Å². The highest BCUT2D eigenvalue weighted by atomic mass is 16.2. The van der Waals surface area contributed by atoms with E-state index in [0.29, 0.717) is 12.0 Å². The van der Waals surface area contributed by atoms with Crippen molar-refractivity contribution in [3.05, 3.63) is 0 Å². The summed E-state index contributed by atoms with van der Waals surface area (Å²) in [6.07, 6.45) is 5.19. The highest BCUT2D eigenvalue weighted by Gasteiger charge is 2.35. The first-order chi connectivity index (χ1) is 8.24. The van der Waals surface area contributed by atoms with Gasteiger partial charge in [-0.1, -0.05) is 0 Å². The molecule has 2 heterocycles. The van der Waals surface area contributed by atoms with Gasteiger partial charge in [0.15, 0.2) is 0 Å². The summed E-state index contributed by atoms with van der Waals surface area (Å²) in [6, 6.07) is 0. The molecule has 4 nitrogen and oxygen atoms in total. The van der Waals surface area contributed by atoms with Gasteiger partial charge in [-0.05, 0) is 64.2 Å². The van der Waals surface area contributed by atoms with Crippen LogP contribution < -0.4 is 10.6 Å². The monoisotopic (exact) mass is 239 g/mol. The first-order valence-electron chi connectivity index (χ1n) is 6.94. The Morgan fingerprint density at radius 2 is 1.88 bits per heavy atom. The average molecular weight is 239 g/mol. The molecule has 2 N–H and O–H groups in total. The van der Waals surface area contributed by atoms with Crippen LogP contribution in [-0.2, 0) is 4.79 Å². The number of carbonyl (C=O) groups excluding carboxylic acids is 1. The molecule has 0 aromatic carbocycles. The van der Waals surface area contributed by atoms with Gasteiger partial charge >= 0.3 is 0 Å². The van der Waals surface area contributed by atoms with Crippen LogP contribution in [0, 0.1) is 5.41 Å². The van der Waals surface area contributed by atoms with Crippen molar-refractivity contribution in [1.29, 1.82) is 0 Å². The van der Waals surface area contributed by atoms with E-state index < -0.39 is 0 Å². The average Bonchev–Trinajstić information content (AvgIpc) is 2.34. The summed E-state index contributed by atoms with van der Waals surface area (Å²) in [5, 5.41) is 6.31. The van der Waals surface area contributed by atoms with Crippen LogP contribution in [0.4, 0.5) is 0 Å². The zero-order valence-electron chi connectivity index (χ0n) is 10.9. The summed E-state index contributed by atoms with van der Waals surface area (Å²) in [4.78, 5) is 13.8. The molecule has 2 rings (SSSR count). The smallest absolute Gasteiger partial charge is 0.234 e. The molecule has 0 unspecified atom stereocenters. The molecule has 2 fully saturated rings. The minimum atomic E-state index is 0.175. The Morgan fingerprint density at radius 1 is 1.24 bits per heavy atom. The Kier molecular flexibility index (Phi) is 4.40. The van der Waals surface area contributed by atoms with E-state index in [0.717, 1.165) is 19.6 Å². The van der Waals surface area contributed by atoms with Crippen molar-refractivity contribution in [2.45, 2.75) is 32.6 Å². The summed E-state index contributed by atoms with van der Waals surface area (Å²) in [6.45, 7) is 7.84. The normalized spacial score (nSPS) is 24.8. The van der Waals surface area contributed by atoms with Gasteiger partial charge in [0.2, 0.25) is 5.91 Å². The Morgan fingerprint density at radius 3 is 2.47 bits per heavy atom. The number of likely N-dealkylation sites (N-methyl/N-ethyl adjacent to an activating group) is 1. The van der Waals surface area contributed by atoms with Crippen LogP contribution in [-0.4, -0.2) is 50.1 Å². The molecule has 2 aliphatic rings. The molecule has 98 valence electrons. The summed E-state index contributed by atoms with van der Waals surface area (Å²) >= 11 is 0. The van der Waals surface area contributed by atoms with Crippen molar-refractivity contribution in [1.82, 2.24) is 15.5 Å². The number of nitrogens with zero attached hydrogens (tertiary/aromatic N) is 1. The number of hydrogen-bond acceptors (Lipinski definition) is 3. The molecule has 4 heteroatoms. The second kappa shape index (κ2) is 5.83. The fourth-order valence-electron chi connectivity index (χ4n) is 3.10. The van der Waals surface area contributed by atoms with Gasteiger partial charge in [-0.2, -0.15) is 0 Å². The van der Waals surface area contributed by atoms with Gasteiger partial charge in [-0.3, -0.25) is 9.69 Å². The maximum absolute atomic E-state index is 11.5. The predicted octanol–water partition coefficient (Wildman–Crippen LogP) is 0.588. The van der Waals surface area contributed by atoms with Gasteiger partial charge in [-0.15, -0.1) is 0 Å². The molecule has 0 aromatic heterocycles. The number of amides is 1. The third-order valence-electron chi connectivity index (χ3n) is 4.32. The molecule has 17 heavy (non-hydrogen) atoms. The largest absolute Gasteiger partial charge is 0.355 e. The molecular weight excluding hydrogens is 214 g/mol. The van der Waals surface area contributed by atoms with Crippen molar-refractivity contribution in [2.75, 3.05) is 39.3 Å². The molecule has 0 aliphatic carbocycles. The van der Waals surface area contributed by atoms with E-state index in [1.807, 2.05) is 6.92 Å². The number of rotatable bonds is 3. The second-order valence-corrected chi connectivity index (χ2v) is 5.48. The first kappa shape index (κ1) is 12.8. The van der Waals surface area contributed by atoms with E-state index in [9.17, 15) is 4.79 Å². The Balaban J connectivity index is 1.75. The summed E-state index contributed by atoms with van der Waals surface area (Å²) in [5.74, 6) is 0.175. The lowest BCUT2D eigenvalue weighted by Crippen LogP contribution is -2.47. The van der Waals surface area contributed by atoms with Gasteiger partial charge in [0, 0.05) is 6.54 Å². The molecule has 1 spiro atoms. The van der Waals surface area contributed by atoms with Crippen molar-refractivity contribution in [3.8, 4) is 0 Å². The van der Waals surface area contributed by atoms with Gasteiger partial charge < -0.3 is 10.6 Å². The van der Waals surface area contributed by atoms with E-state index in [1.165, 1.54) is 38.8 Å². The molecular formula is C13H25N3O. The van der Waals surface area contributed by atoms with Crippen LogP contribution in [0.25, 0.3) is 0 Å². The molecule has 2 saturated heterocycles. The maximum atomic E-state index is 11.5. The molecule has 0 aromatic rings. The van der Waals surface area contributed by atoms with Crippen LogP contribution in [0.1, 0.15) is 32.6 Å². The topological polar surface area (TPSA) is 44.4 Å².